The van der Waals surface area contributed by atoms with Crippen LogP contribution in [0.25, 0.3) is 0 Å². The van der Waals surface area contributed by atoms with Crippen LogP contribution in [-0.2, 0) is 23.0 Å². The Morgan fingerprint density at radius 3 is 1.16 bits per heavy atom. The van der Waals surface area contributed by atoms with Crippen LogP contribution in [0.15, 0.2) is 12.1 Å². The average molecular weight is 651 g/mol. The summed E-state index contributed by atoms with van der Waals surface area (Å²) in [5, 5.41) is 11.3. The molecule has 0 aliphatic rings. The highest BCUT2D eigenvalue weighted by Crippen LogP contribution is 2.34. The van der Waals surface area contributed by atoms with E-state index in [1.165, 1.54) is 141 Å². The minimum atomic E-state index is -4.10. The highest BCUT2D eigenvalue weighted by Gasteiger charge is 2.22. The number of phenolic OH excluding ortho intramolecular Hbond substituents is 1. The van der Waals surface area contributed by atoms with E-state index in [9.17, 15) is 18.1 Å². The van der Waals surface area contributed by atoms with E-state index in [0.717, 1.165) is 61.6 Å². The second-order valence-electron chi connectivity index (χ2n) is 14.1. The lowest BCUT2D eigenvalue weighted by Crippen LogP contribution is -2.15. The van der Waals surface area contributed by atoms with E-state index < -0.39 is 10.1 Å². The highest BCUT2D eigenvalue weighted by atomic mass is 32.2. The standard InChI is InChI=1S/C40H74O4S/c1-4-7-10-13-16-18-20-22-25-27-30-36-33-39(38(35-45(42,43)44)32-29-24-15-12-9-6-3)34-37(40(36)41)31-28-26-23-21-19-17-14-11-8-5-2/h33-34,38,41H,4-32,35H2,1-3H3,(H,42,43,44). The van der Waals surface area contributed by atoms with Crippen LogP contribution in [0, 0.1) is 0 Å². The summed E-state index contributed by atoms with van der Waals surface area (Å²) in [6, 6.07) is 4.13. The van der Waals surface area contributed by atoms with Crippen molar-refractivity contribution in [2.24, 2.45) is 0 Å². The molecule has 0 fully saturated rings. The third-order valence-electron chi connectivity index (χ3n) is 9.68. The molecule has 0 heterocycles. The molecule has 0 saturated heterocycles. The lowest BCUT2D eigenvalue weighted by atomic mass is 9.88. The smallest absolute Gasteiger partial charge is 0.265 e. The number of hydrogen-bond acceptors (Lipinski definition) is 3. The minimum absolute atomic E-state index is 0.232. The number of phenols is 1. The molecule has 0 aliphatic carbocycles. The summed E-state index contributed by atoms with van der Waals surface area (Å²) in [5.41, 5.74) is 2.93. The molecule has 0 bridgehead atoms. The van der Waals surface area contributed by atoms with Gasteiger partial charge < -0.3 is 5.11 Å². The average Bonchev–Trinajstić information content (AvgIpc) is 3.01. The number of aryl methyl sites for hydroxylation is 2. The van der Waals surface area contributed by atoms with Gasteiger partial charge in [0.05, 0.1) is 5.75 Å². The SMILES string of the molecule is CCCCCCCCCCCCc1cc(C(CCCCCCCC)CS(=O)(=O)O)cc(CCCCCCCCCCCC)c1O. The van der Waals surface area contributed by atoms with Crippen LogP contribution in [0.4, 0.5) is 0 Å². The van der Waals surface area contributed by atoms with Gasteiger partial charge in [0.15, 0.2) is 0 Å². The van der Waals surface area contributed by atoms with Gasteiger partial charge in [0.25, 0.3) is 10.1 Å². The summed E-state index contributed by atoms with van der Waals surface area (Å²) in [5.74, 6) is -0.0391. The van der Waals surface area contributed by atoms with Crippen molar-refractivity contribution in [2.45, 2.75) is 213 Å². The van der Waals surface area contributed by atoms with Crippen molar-refractivity contribution in [3.63, 3.8) is 0 Å². The number of rotatable bonds is 32. The van der Waals surface area contributed by atoms with Crippen molar-refractivity contribution in [1.29, 1.82) is 0 Å². The first-order chi connectivity index (χ1) is 21.8. The Morgan fingerprint density at radius 1 is 0.511 bits per heavy atom. The monoisotopic (exact) mass is 651 g/mol. The van der Waals surface area contributed by atoms with Crippen molar-refractivity contribution < 1.29 is 18.1 Å². The zero-order valence-electron chi connectivity index (χ0n) is 30.1. The van der Waals surface area contributed by atoms with Gasteiger partial charge in [-0.3, -0.25) is 4.55 Å². The van der Waals surface area contributed by atoms with Crippen molar-refractivity contribution >= 4 is 10.1 Å². The predicted octanol–water partition coefficient (Wildman–Crippen LogP) is 13.0. The maximum Gasteiger partial charge on any atom is 0.265 e. The highest BCUT2D eigenvalue weighted by molar-refractivity contribution is 7.85. The van der Waals surface area contributed by atoms with Crippen LogP contribution in [0.2, 0.25) is 0 Å². The van der Waals surface area contributed by atoms with Crippen molar-refractivity contribution in [3.05, 3.63) is 28.8 Å². The Balaban J connectivity index is 2.82. The van der Waals surface area contributed by atoms with Crippen molar-refractivity contribution in [3.8, 4) is 5.75 Å². The fourth-order valence-corrected chi connectivity index (χ4v) is 7.65. The quantitative estimate of drug-likeness (QED) is 0.0601. The van der Waals surface area contributed by atoms with E-state index in [4.69, 9.17) is 0 Å². The van der Waals surface area contributed by atoms with Gasteiger partial charge in [-0.1, -0.05) is 187 Å². The summed E-state index contributed by atoms with van der Waals surface area (Å²) < 4.78 is 34.0. The molecule has 5 heteroatoms. The molecule has 0 saturated carbocycles. The van der Waals surface area contributed by atoms with Gasteiger partial charge in [-0.2, -0.15) is 8.42 Å². The number of benzene rings is 1. The Hall–Kier alpha value is -1.07. The summed E-state index contributed by atoms with van der Waals surface area (Å²) >= 11 is 0. The molecule has 0 amide bonds. The van der Waals surface area contributed by atoms with E-state index in [1.54, 1.807) is 0 Å². The molecule has 1 atom stereocenters. The molecule has 0 spiro atoms. The fourth-order valence-electron chi connectivity index (χ4n) is 6.78. The van der Waals surface area contributed by atoms with Crippen LogP contribution in [0.5, 0.6) is 5.75 Å². The Labute approximate surface area is 280 Å². The third-order valence-corrected chi connectivity index (χ3v) is 10.5. The molecular formula is C40H74O4S. The van der Waals surface area contributed by atoms with Gasteiger partial charge in [-0.15, -0.1) is 0 Å². The largest absolute Gasteiger partial charge is 0.507 e. The molecule has 1 aromatic rings. The summed E-state index contributed by atoms with van der Waals surface area (Å²) in [4.78, 5) is 0. The molecule has 0 aromatic heterocycles. The van der Waals surface area contributed by atoms with E-state index in [-0.39, 0.29) is 11.7 Å². The topological polar surface area (TPSA) is 74.6 Å². The molecular weight excluding hydrogens is 577 g/mol. The molecule has 4 nitrogen and oxygen atoms in total. The summed E-state index contributed by atoms with van der Waals surface area (Å²) in [7, 11) is -4.10. The van der Waals surface area contributed by atoms with E-state index in [2.05, 4.69) is 32.9 Å². The van der Waals surface area contributed by atoms with E-state index >= 15 is 0 Å². The third kappa shape index (κ3) is 23.0. The lowest BCUT2D eigenvalue weighted by Gasteiger charge is -2.20. The number of aromatic hydroxyl groups is 1. The maximum absolute atomic E-state index is 12.1. The zero-order chi connectivity index (χ0) is 33.0. The minimum Gasteiger partial charge on any atom is -0.507 e. The molecule has 264 valence electrons. The summed E-state index contributed by atoms with van der Waals surface area (Å²) in [6.45, 7) is 6.74. The fraction of sp³-hybridized carbons (Fsp3) is 0.850. The van der Waals surface area contributed by atoms with E-state index in [1.807, 2.05) is 0 Å². The van der Waals surface area contributed by atoms with Gasteiger partial charge >= 0.3 is 0 Å². The van der Waals surface area contributed by atoms with Gasteiger partial charge in [-0.05, 0) is 48.8 Å². The lowest BCUT2D eigenvalue weighted by molar-refractivity contribution is 0.455. The predicted molar refractivity (Wildman–Crippen MR) is 196 cm³/mol. The van der Waals surface area contributed by atoms with Crippen LogP contribution in [0.3, 0.4) is 0 Å². The number of hydrogen-bond donors (Lipinski definition) is 2. The molecule has 1 unspecified atom stereocenters. The molecule has 1 aromatic carbocycles. The summed E-state index contributed by atoms with van der Waals surface area (Å²) in [6.07, 6.45) is 34.9. The van der Waals surface area contributed by atoms with Crippen LogP contribution < -0.4 is 0 Å². The number of unbranched alkanes of at least 4 members (excludes halogenated alkanes) is 23. The zero-order valence-corrected chi connectivity index (χ0v) is 30.9. The first kappa shape index (κ1) is 42.0. The van der Waals surface area contributed by atoms with Crippen molar-refractivity contribution in [2.75, 3.05) is 5.75 Å². The maximum atomic E-state index is 12.1. The second-order valence-corrected chi connectivity index (χ2v) is 15.6. The molecule has 0 aliphatic heterocycles. The van der Waals surface area contributed by atoms with Crippen LogP contribution in [-0.4, -0.2) is 23.8 Å². The van der Waals surface area contributed by atoms with Crippen molar-refractivity contribution in [1.82, 2.24) is 0 Å². The molecule has 1 rings (SSSR count). The molecule has 2 N–H and O–H groups in total. The Kier molecular flexibility index (Phi) is 26.1. The first-order valence-electron chi connectivity index (χ1n) is 19.6. The van der Waals surface area contributed by atoms with Crippen LogP contribution >= 0.6 is 0 Å². The molecule has 45 heavy (non-hydrogen) atoms. The van der Waals surface area contributed by atoms with Gasteiger partial charge in [0.1, 0.15) is 5.75 Å². The normalized spacial score (nSPS) is 12.6. The van der Waals surface area contributed by atoms with Crippen LogP contribution in [0.1, 0.15) is 217 Å². The molecule has 0 radical (unpaired) electrons. The second kappa shape index (κ2) is 28.0. The Bertz CT molecular complexity index is 881. The van der Waals surface area contributed by atoms with Gasteiger partial charge in [-0.25, -0.2) is 0 Å². The van der Waals surface area contributed by atoms with E-state index in [0.29, 0.717) is 5.75 Å². The Morgan fingerprint density at radius 2 is 0.822 bits per heavy atom. The van der Waals surface area contributed by atoms with Gasteiger partial charge in [0.2, 0.25) is 0 Å². The van der Waals surface area contributed by atoms with Gasteiger partial charge in [0, 0.05) is 5.92 Å². The first-order valence-corrected chi connectivity index (χ1v) is 21.2.